The SMILES string of the molecule is CC(C)CCC[C@@H](C)C1CCC2C3CCC4CCCCC4(C)C3CCC21C.COC=O. The van der Waals surface area contributed by atoms with E-state index >= 15 is 0 Å². The molecule has 0 aromatic heterocycles. The van der Waals surface area contributed by atoms with Crippen LogP contribution in [0.25, 0.3) is 0 Å². The van der Waals surface area contributed by atoms with E-state index in [2.05, 4.69) is 39.4 Å². The predicted octanol–water partition coefficient (Wildman–Crippen LogP) is 8.29. The molecule has 0 heterocycles. The average Bonchev–Trinajstić information content (AvgIpc) is 3.10. The van der Waals surface area contributed by atoms with E-state index in [1.54, 1.807) is 51.4 Å². The Hall–Kier alpha value is -0.530. The van der Waals surface area contributed by atoms with Gasteiger partial charge in [0.1, 0.15) is 0 Å². The molecule has 0 N–H and O–H groups in total. The molecule has 0 amide bonds. The van der Waals surface area contributed by atoms with Crippen LogP contribution in [0.15, 0.2) is 0 Å². The summed E-state index contributed by atoms with van der Waals surface area (Å²) in [6, 6.07) is 0. The Morgan fingerprint density at radius 2 is 1.58 bits per heavy atom. The number of carbonyl (C=O) groups excluding carboxylic acids is 1. The molecule has 0 spiro atoms. The molecule has 4 rings (SSSR count). The van der Waals surface area contributed by atoms with Crippen molar-refractivity contribution in [3.63, 3.8) is 0 Å². The molecular formula is C29H52O2. The minimum absolute atomic E-state index is 0.375. The number of rotatable bonds is 6. The summed E-state index contributed by atoms with van der Waals surface area (Å²) < 4.78 is 3.86. The maximum atomic E-state index is 8.95. The van der Waals surface area contributed by atoms with Gasteiger partial charge in [-0.25, -0.2) is 0 Å². The third-order valence-corrected chi connectivity index (χ3v) is 10.9. The maximum Gasteiger partial charge on any atom is 0.292 e. The van der Waals surface area contributed by atoms with Gasteiger partial charge in [0.2, 0.25) is 0 Å². The normalized spacial score (nSPS) is 42.5. The maximum absolute atomic E-state index is 8.95. The van der Waals surface area contributed by atoms with E-state index in [0.717, 1.165) is 41.4 Å². The molecule has 0 saturated heterocycles. The first-order valence-corrected chi connectivity index (χ1v) is 13.7. The third-order valence-electron chi connectivity index (χ3n) is 10.9. The minimum Gasteiger partial charge on any atom is -0.471 e. The molecule has 0 aliphatic heterocycles. The molecule has 31 heavy (non-hydrogen) atoms. The highest BCUT2D eigenvalue weighted by molar-refractivity contribution is 5.36. The van der Waals surface area contributed by atoms with Crippen LogP contribution in [0.5, 0.6) is 0 Å². The van der Waals surface area contributed by atoms with Crippen molar-refractivity contribution in [3.8, 4) is 0 Å². The molecule has 0 radical (unpaired) electrons. The summed E-state index contributed by atoms with van der Waals surface area (Å²) in [4.78, 5) is 8.95. The second kappa shape index (κ2) is 10.6. The van der Waals surface area contributed by atoms with Crippen LogP contribution in [0.3, 0.4) is 0 Å². The Bertz CT molecular complexity index is 571. The van der Waals surface area contributed by atoms with Crippen molar-refractivity contribution in [3.05, 3.63) is 0 Å². The molecule has 4 fully saturated rings. The summed E-state index contributed by atoms with van der Waals surface area (Å²) in [5.41, 5.74) is 1.39. The van der Waals surface area contributed by atoms with Crippen LogP contribution in [0.2, 0.25) is 0 Å². The van der Waals surface area contributed by atoms with E-state index in [9.17, 15) is 0 Å². The Morgan fingerprint density at radius 3 is 2.26 bits per heavy atom. The van der Waals surface area contributed by atoms with E-state index in [-0.39, 0.29) is 0 Å². The van der Waals surface area contributed by atoms with Crippen LogP contribution in [0, 0.1) is 52.3 Å². The zero-order valence-corrected chi connectivity index (χ0v) is 21.6. The molecule has 2 heteroatoms. The smallest absolute Gasteiger partial charge is 0.292 e. The van der Waals surface area contributed by atoms with Gasteiger partial charge >= 0.3 is 0 Å². The summed E-state index contributed by atoms with van der Waals surface area (Å²) in [5, 5.41) is 0. The number of methoxy groups -OCH3 is 1. The van der Waals surface area contributed by atoms with Crippen LogP contribution in [-0.4, -0.2) is 13.6 Å². The van der Waals surface area contributed by atoms with Crippen molar-refractivity contribution >= 4 is 6.47 Å². The van der Waals surface area contributed by atoms with E-state index in [4.69, 9.17) is 4.79 Å². The second-order valence-corrected chi connectivity index (χ2v) is 12.8. The van der Waals surface area contributed by atoms with Gasteiger partial charge in [0, 0.05) is 0 Å². The van der Waals surface area contributed by atoms with Crippen molar-refractivity contribution in [1.29, 1.82) is 0 Å². The summed E-state index contributed by atoms with van der Waals surface area (Å²) in [6.07, 6.45) is 19.9. The van der Waals surface area contributed by atoms with Gasteiger partial charge in [-0.1, -0.05) is 66.7 Å². The molecule has 0 aromatic carbocycles. The van der Waals surface area contributed by atoms with Gasteiger partial charge in [-0.15, -0.1) is 0 Å². The largest absolute Gasteiger partial charge is 0.471 e. The molecule has 180 valence electrons. The average molecular weight is 433 g/mol. The zero-order chi connectivity index (χ0) is 22.6. The van der Waals surface area contributed by atoms with Crippen molar-refractivity contribution in [2.75, 3.05) is 7.11 Å². The summed E-state index contributed by atoms with van der Waals surface area (Å²) >= 11 is 0. The van der Waals surface area contributed by atoms with Crippen molar-refractivity contribution in [2.45, 2.75) is 118 Å². The van der Waals surface area contributed by atoms with Crippen molar-refractivity contribution < 1.29 is 9.53 Å². The fourth-order valence-corrected chi connectivity index (χ4v) is 9.32. The Balaban J connectivity index is 0.000000628. The second-order valence-electron chi connectivity index (χ2n) is 12.8. The number of hydrogen-bond donors (Lipinski definition) is 0. The van der Waals surface area contributed by atoms with Gasteiger partial charge in [0.15, 0.2) is 0 Å². The van der Waals surface area contributed by atoms with E-state index in [1.165, 1.54) is 39.2 Å². The number of hydrogen-bond acceptors (Lipinski definition) is 2. The van der Waals surface area contributed by atoms with Crippen molar-refractivity contribution in [1.82, 2.24) is 0 Å². The molecule has 2 nitrogen and oxygen atoms in total. The highest BCUT2D eigenvalue weighted by atomic mass is 16.5. The van der Waals surface area contributed by atoms with E-state index < -0.39 is 0 Å². The number of carbonyl (C=O) groups is 1. The first-order chi connectivity index (χ1) is 14.8. The van der Waals surface area contributed by atoms with Gasteiger partial charge in [0.05, 0.1) is 7.11 Å². The summed E-state index contributed by atoms with van der Waals surface area (Å²) in [7, 11) is 1.31. The van der Waals surface area contributed by atoms with Gasteiger partial charge in [-0.05, 0) is 104 Å². The first-order valence-electron chi connectivity index (χ1n) is 13.7. The lowest BCUT2D eigenvalue weighted by molar-refractivity contribution is -0.126. The molecule has 0 aromatic rings. The first kappa shape index (κ1) is 25.1. The highest BCUT2D eigenvalue weighted by Crippen LogP contribution is 2.68. The fraction of sp³-hybridized carbons (Fsp3) is 0.966. The summed E-state index contributed by atoms with van der Waals surface area (Å²) in [5.74, 6) is 7.15. The molecule has 4 aliphatic carbocycles. The Morgan fingerprint density at radius 1 is 0.871 bits per heavy atom. The molecule has 4 saturated carbocycles. The number of fused-ring (bicyclic) bond motifs is 5. The van der Waals surface area contributed by atoms with Crippen LogP contribution in [0.1, 0.15) is 118 Å². The third kappa shape index (κ3) is 5.03. The molecule has 4 aliphatic rings. The number of ether oxygens (including phenoxy) is 1. The molecule has 0 bridgehead atoms. The minimum atomic E-state index is 0.375. The molecular weight excluding hydrogens is 380 g/mol. The van der Waals surface area contributed by atoms with Crippen LogP contribution in [0.4, 0.5) is 0 Å². The molecule has 8 atom stereocenters. The van der Waals surface area contributed by atoms with Crippen LogP contribution in [-0.2, 0) is 9.53 Å². The Labute approximate surface area is 193 Å². The van der Waals surface area contributed by atoms with Gasteiger partial charge < -0.3 is 4.74 Å². The van der Waals surface area contributed by atoms with Gasteiger partial charge in [-0.3, -0.25) is 4.79 Å². The lowest BCUT2D eigenvalue weighted by atomic mass is 9.44. The van der Waals surface area contributed by atoms with Gasteiger partial charge in [-0.2, -0.15) is 0 Å². The van der Waals surface area contributed by atoms with Crippen LogP contribution < -0.4 is 0 Å². The van der Waals surface area contributed by atoms with E-state index in [1.807, 2.05) is 0 Å². The van der Waals surface area contributed by atoms with Crippen molar-refractivity contribution in [2.24, 2.45) is 52.3 Å². The lowest BCUT2D eigenvalue weighted by Crippen LogP contribution is -2.53. The van der Waals surface area contributed by atoms with E-state index in [0.29, 0.717) is 17.3 Å². The quantitative estimate of drug-likeness (QED) is 0.395. The molecule has 7 unspecified atom stereocenters. The zero-order valence-electron chi connectivity index (χ0n) is 21.6. The Kier molecular flexibility index (Phi) is 8.58. The predicted molar refractivity (Wildman–Crippen MR) is 131 cm³/mol. The summed E-state index contributed by atoms with van der Waals surface area (Å²) in [6.45, 7) is 13.3. The van der Waals surface area contributed by atoms with Crippen LogP contribution >= 0.6 is 0 Å². The fourth-order valence-electron chi connectivity index (χ4n) is 9.32. The standard InChI is InChI=1S/C27H48.C2H4O2/c1-19(2)9-8-10-20(3)23-14-15-24-22-13-12-21-11-6-7-17-26(21,4)25(22)16-18-27(23,24)5;1-4-2-3/h19-25H,6-18H2,1-5H3;2H,1H3/t20-,21?,22?,23?,24?,25?,26?,27?;/m1./s1. The van der Waals surface area contributed by atoms with Gasteiger partial charge in [0.25, 0.3) is 6.47 Å². The lowest BCUT2D eigenvalue weighted by Gasteiger charge is -2.61. The highest BCUT2D eigenvalue weighted by Gasteiger charge is 2.59. The monoisotopic (exact) mass is 432 g/mol. The topological polar surface area (TPSA) is 26.3 Å².